The highest BCUT2D eigenvalue weighted by atomic mass is 32.1. The molecular weight excluding hydrogens is 294 g/mol. The zero-order valence-electron chi connectivity index (χ0n) is 14.4. The van der Waals surface area contributed by atoms with E-state index in [2.05, 4.69) is 36.2 Å². The fourth-order valence-corrected chi connectivity index (χ4v) is 2.88. The number of nitrogens with zero attached hydrogens (tertiary/aromatic N) is 1. The maximum absolute atomic E-state index is 11.1. The molecule has 2 unspecified atom stereocenters. The molecule has 0 aromatic rings. The first kappa shape index (κ1) is 21.3. The summed E-state index contributed by atoms with van der Waals surface area (Å²) in [5.74, 6) is -0.747. The van der Waals surface area contributed by atoms with Crippen molar-refractivity contribution in [2.45, 2.75) is 84.5 Å². The second kappa shape index (κ2) is 15.2. The van der Waals surface area contributed by atoms with Crippen LogP contribution in [0.5, 0.6) is 0 Å². The van der Waals surface area contributed by atoms with Crippen LogP contribution in [0.2, 0.25) is 0 Å². The van der Waals surface area contributed by atoms with Gasteiger partial charge < -0.3 is 5.11 Å². The Hall–Kier alpha value is -0.730. The molecule has 0 bridgehead atoms. The van der Waals surface area contributed by atoms with Crippen molar-refractivity contribution in [2.75, 3.05) is 6.54 Å². The standard InChI is InChI=1S/C18H33NO2S/c1-3-4-5-6-7-8-9-10-11-12-16(2)13-17(18(20)21)14-19-15-22/h16-17H,3-14H2,1-2H3,(H,20,21). The van der Waals surface area contributed by atoms with Crippen LogP contribution in [-0.4, -0.2) is 22.8 Å². The van der Waals surface area contributed by atoms with E-state index in [1.807, 2.05) is 0 Å². The van der Waals surface area contributed by atoms with Crippen LogP contribution in [0.3, 0.4) is 0 Å². The largest absolute Gasteiger partial charge is 0.481 e. The number of hydrogen-bond donors (Lipinski definition) is 1. The van der Waals surface area contributed by atoms with Crippen molar-refractivity contribution >= 4 is 23.3 Å². The Balaban J connectivity index is 3.60. The molecule has 0 spiro atoms. The van der Waals surface area contributed by atoms with Crippen LogP contribution >= 0.6 is 12.2 Å². The van der Waals surface area contributed by atoms with Gasteiger partial charge in [-0.3, -0.25) is 4.79 Å². The molecule has 0 saturated carbocycles. The van der Waals surface area contributed by atoms with Gasteiger partial charge in [-0.1, -0.05) is 78.1 Å². The lowest BCUT2D eigenvalue weighted by molar-refractivity contribution is -0.141. The van der Waals surface area contributed by atoms with Gasteiger partial charge in [0.2, 0.25) is 0 Å². The lowest BCUT2D eigenvalue weighted by Gasteiger charge is -2.15. The monoisotopic (exact) mass is 327 g/mol. The Morgan fingerprint density at radius 1 is 1.09 bits per heavy atom. The molecule has 2 atom stereocenters. The topological polar surface area (TPSA) is 49.7 Å². The fraction of sp³-hybridized carbons (Fsp3) is 0.889. The van der Waals surface area contributed by atoms with Gasteiger partial charge in [0, 0.05) is 0 Å². The number of rotatable bonds is 15. The molecule has 0 amide bonds. The van der Waals surface area contributed by atoms with Crippen molar-refractivity contribution < 1.29 is 9.90 Å². The number of carboxylic acid groups (broad SMARTS) is 1. The van der Waals surface area contributed by atoms with Gasteiger partial charge >= 0.3 is 5.97 Å². The van der Waals surface area contributed by atoms with Crippen LogP contribution in [0.15, 0.2) is 4.99 Å². The molecule has 128 valence electrons. The first-order valence-electron chi connectivity index (χ1n) is 8.88. The van der Waals surface area contributed by atoms with Crippen LogP contribution in [-0.2, 0) is 4.79 Å². The summed E-state index contributed by atoms with van der Waals surface area (Å²) in [4.78, 5) is 14.9. The van der Waals surface area contributed by atoms with Crippen molar-refractivity contribution in [3.8, 4) is 0 Å². The van der Waals surface area contributed by atoms with Crippen molar-refractivity contribution in [3.63, 3.8) is 0 Å². The van der Waals surface area contributed by atoms with Crippen molar-refractivity contribution in [1.82, 2.24) is 0 Å². The summed E-state index contributed by atoms with van der Waals surface area (Å²) in [6, 6.07) is 0. The van der Waals surface area contributed by atoms with E-state index >= 15 is 0 Å². The second-order valence-electron chi connectivity index (χ2n) is 6.43. The molecule has 0 aromatic carbocycles. The average Bonchev–Trinajstić information content (AvgIpc) is 2.49. The summed E-state index contributed by atoms with van der Waals surface area (Å²) in [5, 5.41) is 11.4. The van der Waals surface area contributed by atoms with E-state index < -0.39 is 11.9 Å². The van der Waals surface area contributed by atoms with E-state index in [0.29, 0.717) is 12.3 Å². The highest BCUT2D eigenvalue weighted by Crippen LogP contribution is 2.20. The van der Waals surface area contributed by atoms with Gasteiger partial charge in [0.15, 0.2) is 0 Å². The summed E-state index contributed by atoms with van der Waals surface area (Å²) in [6.45, 7) is 4.65. The minimum atomic E-state index is -0.770. The van der Waals surface area contributed by atoms with Gasteiger partial charge in [-0.05, 0) is 24.6 Å². The van der Waals surface area contributed by atoms with Gasteiger partial charge in [0.25, 0.3) is 0 Å². The fourth-order valence-electron chi connectivity index (χ4n) is 2.81. The molecule has 0 fully saturated rings. The SMILES string of the molecule is CCCCCCCCCCCC(C)CC(CN=C=S)C(=O)O. The summed E-state index contributed by atoms with van der Waals surface area (Å²) in [5.41, 5.74) is 0. The zero-order valence-corrected chi connectivity index (χ0v) is 15.2. The van der Waals surface area contributed by atoms with Crippen LogP contribution in [0.25, 0.3) is 0 Å². The Morgan fingerprint density at radius 3 is 2.14 bits per heavy atom. The Morgan fingerprint density at radius 2 is 1.64 bits per heavy atom. The predicted octanol–water partition coefficient (Wildman–Crippen LogP) is 5.74. The Labute approximate surface area is 141 Å². The minimum Gasteiger partial charge on any atom is -0.481 e. The van der Waals surface area contributed by atoms with Gasteiger partial charge in [-0.25, -0.2) is 4.99 Å². The molecule has 22 heavy (non-hydrogen) atoms. The van der Waals surface area contributed by atoms with Crippen LogP contribution in [0.4, 0.5) is 0 Å². The number of thiocarbonyl (C=S) groups is 1. The van der Waals surface area contributed by atoms with E-state index in [0.717, 1.165) is 6.42 Å². The summed E-state index contributed by atoms with van der Waals surface area (Å²) < 4.78 is 0. The average molecular weight is 328 g/mol. The van der Waals surface area contributed by atoms with Gasteiger partial charge in [0.1, 0.15) is 0 Å². The summed E-state index contributed by atoms with van der Waals surface area (Å²) >= 11 is 4.50. The Bertz CT molecular complexity index is 327. The Kier molecular flexibility index (Phi) is 14.7. The molecule has 0 saturated heterocycles. The summed E-state index contributed by atoms with van der Waals surface area (Å²) in [7, 11) is 0. The molecule has 1 N–H and O–H groups in total. The molecule has 0 radical (unpaired) electrons. The molecule has 0 aliphatic heterocycles. The maximum atomic E-state index is 11.1. The molecular formula is C18H33NO2S. The lowest BCUT2D eigenvalue weighted by atomic mass is 9.91. The number of hydrogen-bond acceptors (Lipinski definition) is 3. The quantitative estimate of drug-likeness (QED) is 0.237. The van der Waals surface area contributed by atoms with E-state index in [1.165, 1.54) is 57.8 Å². The zero-order chi connectivity index (χ0) is 16.6. The minimum absolute atomic E-state index is 0.265. The lowest BCUT2D eigenvalue weighted by Crippen LogP contribution is -2.19. The van der Waals surface area contributed by atoms with E-state index in [9.17, 15) is 4.79 Å². The molecule has 0 rings (SSSR count). The van der Waals surface area contributed by atoms with E-state index in [1.54, 1.807) is 0 Å². The molecule has 0 aliphatic rings. The third-order valence-corrected chi connectivity index (χ3v) is 4.34. The predicted molar refractivity (Wildman–Crippen MR) is 96.6 cm³/mol. The third kappa shape index (κ3) is 13.0. The molecule has 0 aromatic heterocycles. The van der Waals surface area contributed by atoms with Gasteiger partial charge in [0.05, 0.1) is 17.6 Å². The molecule has 0 aliphatic carbocycles. The molecule has 0 heterocycles. The number of aliphatic imine (C=N–C) groups is 1. The van der Waals surface area contributed by atoms with Gasteiger partial charge in [-0.15, -0.1) is 0 Å². The van der Waals surface area contributed by atoms with Crippen molar-refractivity contribution in [3.05, 3.63) is 0 Å². The molecule has 3 nitrogen and oxygen atoms in total. The number of aliphatic carboxylic acids is 1. The number of carboxylic acids is 1. The number of isothiocyanates is 1. The van der Waals surface area contributed by atoms with Crippen LogP contribution < -0.4 is 0 Å². The summed E-state index contributed by atoms with van der Waals surface area (Å²) in [6.07, 6.45) is 13.8. The highest BCUT2D eigenvalue weighted by molar-refractivity contribution is 7.78. The first-order chi connectivity index (χ1) is 10.6. The van der Waals surface area contributed by atoms with E-state index in [4.69, 9.17) is 5.11 Å². The number of carbonyl (C=O) groups is 1. The number of unbranched alkanes of at least 4 members (excludes halogenated alkanes) is 8. The van der Waals surface area contributed by atoms with Crippen LogP contribution in [0.1, 0.15) is 84.5 Å². The van der Waals surface area contributed by atoms with Gasteiger partial charge in [-0.2, -0.15) is 0 Å². The van der Waals surface area contributed by atoms with E-state index in [-0.39, 0.29) is 6.54 Å². The smallest absolute Gasteiger partial charge is 0.308 e. The van der Waals surface area contributed by atoms with Crippen molar-refractivity contribution in [1.29, 1.82) is 0 Å². The van der Waals surface area contributed by atoms with Crippen LogP contribution in [0, 0.1) is 11.8 Å². The third-order valence-electron chi connectivity index (χ3n) is 4.21. The molecule has 4 heteroatoms. The first-order valence-corrected chi connectivity index (χ1v) is 9.29. The maximum Gasteiger partial charge on any atom is 0.308 e. The normalized spacial score (nSPS) is 13.4. The second-order valence-corrected chi connectivity index (χ2v) is 6.61. The highest BCUT2D eigenvalue weighted by Gasteiger charge is 2.19. The van der Waals surface area contributed by atoms with Crippen molar-refractivity contribution in [2.24, 2.45) is 16.8 Å².